The van der Waals surface area contributed by atoms with E-state index in [1.54, 1.807) is 0 Å². The second kappa shape index (κ2) is 6.73. The lowest BCUT2D eigenvalue weighted by Gasteiger charge is -2.55. The zero-order valence-electron chi connectivity index (χ0n) is 19.9. The Labute approximate surface area is 173 Å². The molecule has 160 valence electrons. The second-order valence-electron chi connectivity index (χ2n) is 11.9. The van der Waals surface area contributed by atoms with Crippen LogP contribution in [0.3, 0.4) is 0 Å². The molecule has 3 aliphatic rings. The predicted octanol–water partition coefficient (Wildman–Crippen LogP) is 4.23. The molecule has 2 saturated heterocycles. The van der Waals surface area contributed by atoms with Crippen LogP contribution in [-0.4, -0.2) is 62.8 Å². The molecule has 3 aliphatic heterocycles. The van der Waals surface area contributed by atoms with Gasteiger partial charge >= 0.3 is 0 Å². The Morgan fingerprint density at radius 3 is 1.61 bits per heavy atom. The summed E-state index contributed by atoms with van der Waals surface area (Å²) in [6.07, 6.45) is 9.05. The highest BCUT2D eigenvalue weighted by atomic mass is 15.7. The maximum atomic E-state index is 4.85. The Kier molecular flexibility index (Phi) is 5.20. The fourth-order valence-corrected chi connectivity index (χ4v) is 5.87. The van der Waals surface area contributed by atoms with Crippen LogP contribution in [0.5, 0.6) is 0 Å². The number of piperidine rings is 2. The molecule has 28 heavy (non-hydrogen) atoms. The highest BCUT2D eigenvalue weighted by Gasteiger charge is 2.46. The van der Waals surface area contributed by atoms with Gasteiger partial charge in [0.2, 0.25) is 0 Å². The molecule has 5 nitrogen and oxygen atoms in total. The highest BCUT2D eigenvalue weighted by Crippen LogP contribution is 2.42. The van der Waals surface area contributed by atoms with Gasteiger partial charge in [-0.2, -0.15) is 5.10 Å². The van der Waals surface area contributed by atoms with Crippen molar-refractivity contribution in [2.45, 2.75) is 109 Å². The first-order valence-electron chi connectivity index (χ1n) is 10.9. The number of hydrazone groups is 1. The van der Waals surface area contributed by atoms with Gasteiger partial charge in [-0.25, -0.2) is 5.53 Å². The van der Waals surface area contributed by atoms with Gasteiger partial charge in [0.1, 0.15) is 0 Å². The number of hydrogen-bond acceptors (Lipinski definition) is 5. The first-order chi connectivity index (χ1) is 12.7. The van der Waals surface area contributed by atoms with Crippen LogP contribution in [0.4, 0.5) is 0 Å². The van der Waals surface area contributed by atoms with Gasteiger partial charge in [0, 0.05) is 34.3 Å². The Balaban J connectivity index is 1.71. The number of likely N-dealkylation sites (tertiary alicyclic amines) is 2. The fourth-order valence-electron chi connectivity index (χ4n) is 5.87. The monoisotopic (exact) mass is 389 g/mol. The van der Waals surface area contributed by atoms with E-state index in [0.29, 0.717) is 12.0 Å². The summed E-state index contributed by atoms with van der Waals surface area (Å²) in [6.45, 7) is 18.8. The lowest BCUT2D eigenvalue weighted by molar-refractivity contribution is -0.0477. The van der Waals surface area contributed by atoms with Crippen LogP contribution in [0.15, 0.2) is 17.4 Å². The summed E-state index contributed by atoms with van der Waals surface area (Å²) in [7, 11) is 4.52. The molecule has 0 atom stereocenters. The standard InChI is InChI=1S/C23H43N5/c1-20(2)13-17(14-21(3,4)26(20)9)19-11-12-28(25-24-19)18-15-22(5,6)27(10)23(7,8)16-18/h11-12,17-18,25H,13-16H2,1-10H3. The molecular formula is C23H43N5. The molecule has 2 fully saturated rings. The van der Waals surface area contributed by atoms with E-state index in [0.717, 1.165) is 25.7 Å². The average molecular weight is 390 g/mol. The van der Waals surface area contributed by atoms with Crippen molar-refractivity contribution >= 4 is 5.71 Å². The van der Waals surface area contributed by atoms with Crippen molar-refractivity contribution in [2.24, 2.45) is 11.0 Å². The summed E-state index contributed by atoms with van der Waals surface area (Å²) in [5.74, 6) is 0.498. The van der Waals surface area contributed by atoms with Crippen LogP contribution in [0.2, 0.25) is 0 Å². The van der Waals surface area contributed by atoms with Crippen LogP contribution in [-0.2, 0) is 0 Å². The molecule has 5 heteroatoms. The van der Waals surface area contributed by atoms with E-state index in [4.69, 9.17) is 5.10 Å². The van der Waals surface area contributed by atoms with E-state index in [9.17, 15) is 0 Å². The van der Waals surface area contributed by atoms with Crippen molar-refractivity contribution < 1.29 is 0 Å². The molecule has 0 unspecified atom stereocenters. The molecule has 0 amide bonds. The van der Waals surface area contributed by atoms with Crippen molar-refractivity contribution in [1.82, 2.24) is 20.3 Å². The minimum Gasteiger partial charge on any atom is -0.296 e. The molecule has 0 bridgehead atoms. The van der Waals surface area contributed by atoms with Gasteiger partial charge in [-0.15, -0.1) is 0 Å². The second-order valence-corrected chi connectivity index (χ2v) is 11.9. The third-order valence-corrected chi connectivity index (χ3v) is 8.11. The number of nitrogens with zero attached hydrogens (tertiary/aromatic N) is 4. The largest absolute Gasteiger partial charge is 0.296 e. The Bertz CT molecular complexity index is 622. The van der Waals surface area contributed by atoms with Gasteiger partial charge in [-0.05, 0) is 101 Å². The van der Waals surface area contributed by atoms with Crippen LogP contribution in [0, 0.1) is 5.92 Å². The van der Waals surface area contributed by atoms with Crippen LogP contribution < -0.4 is 5.53 Å². The molecule has 1 N–H and O–H groups in total. The van der Waals surface area contributed by atoms with Crippen molar-refractivity contribution in [3.05, 3.63) is 12.3 Å². The molecule has 3 heterocycles. The quantitative estimate of drug-likeness (QED) is 0.766. The van der Waals surface area contributed by atoms with E-state index in [-0.39, 0.29) is 22.2 Å². The SMILES string of the molecule is CN1C(C)(C)CC(C2=NNN(C3CC(C)(C)N(C)C(C)(C)C3)C=C2)CC1(C)C. The molecular weight excluding hydrogens is 346 g/mol. The number of hydrazine groups is 1. The maximum absolute atomic E-state index is 4.85. The molecule has 0 spiro atoms. The van der Waals surface area contributed by atoms with E-state index in [1.807, 2.05) is 0 Å². The van der Waals surface area contributed by atoms with Crippen molar-refractivity contribution in [3.63, 3.8) is 0 Å². The molecule has 3 rings (SSSR count). The van der Waals surface area contributed by atoms with Crippen LogP contribution in [0.25, 0.3) is 0 Å². The average Bonchev–Trinajstić information content (AvgIpc) is 2.56. The predicted molar refractivity (Wildman–Crippen MR) is 119 cm³/mol. The van der Waals surface area contributed by atoms with Crippen LogP contribution in [0.1, 0.15) is 81.1 Å². The van der Waals surface area contributed by atoms with Gasteiger partial charge in [0.15, 0.2) is 0 Å². The lowest BCUT2D eigenvalue weighted by Crippen LogP contribution is -2.63. The zero-order valence-corrected chi connectivity index (χ0v) is 19.9. The molecule has 0 aromatic rings. The minimum atomic E-state index is 0.175. The van der Waals surface area contributed by atoms with Gasteiger partial charge in [0.05, 0.1) is 11.8 Å². The normalized spacial score (nSPS) is 30.8. The maximum Gasteiger partial charge on any atom is 0.0670 e. The molecule has 0 aliphatic carbocycles. The summed E-state index contributed by atoms with van der Waals surface area (Å²) >= 11 is 0. The number of hydrogen-bond donors (Lipinski definition) is 1. The van der Waals surface area contributed by atoms with E-state index in [2.05, 4.69) is 102 Å². The number of rotatable bonds is 2. The Hall–Kier alpha value is -1.07. The summed E-state index contributed by atoms with van der Waals surface area (Å²) in [4.78, 5) is 5.06. The molecule has 0 aromatic heterocycles. The number of nitrogens with one attached hydrogen (secondary N) is 1. The van der Waals surface area contributed by atoms with Crippen LogP contribution >= 0.6 is 0 Å². The zero-order chi connectivity index (χ0) is 21.1. The lowest BCUT2D eigenvalue weighted by atomic mass is 9.72. The van der Waals surface area contributed by atoms with Crippen molar-refractivity contribution in [2.75, 3.05) is 14.1 Å². The third kappa shape index (κ3) is 3.85. The van der Waals surface area contributed by atoms with E-state index in [1.165, 1.54) is 5.71 Å². The Morgan fingerprint density at radius 2 is 1.21 bits per heavy atom. The summed E-state index contributed by atoms with van der Waals surface area (Å²) in [6, 6.07) is 0.452. The minimum absolute atomic E-state index is 0.175. The highest BCUT2D eigenvalue weighted by molar-refractivity contribution is 5.97. The molecule has 0 saturated carbocycles. The van der Waals surface area contributed by atoms with Gasteiger partial charge in [0.25, 0.3) is 0 Å². The van der Waals surface area contributed by atoms with E-state index < -0.39 is 0 Å². The first kappa shape index (κ1) is 21.6. The van der Waals surface area contributed by atoms with Gasteiger partial charge in [-0.1, -0.05) is 0 Å². The molecule has 0 radical (unpaired) electrons. The third-order valence-electron chi connectivity index (χ3n) is 8.11. The summed E-state index contributed by atoms with van der Waals surface area (Å²) < 4.78 is 0. The van der Waals surface area contributed by atoms with Gasteiger partial charge < -0.3 is 0 Å². The Morgan fingerprint density at radius 1 is 0.786 bits per heavy atom. The number of allylic oxidation sites excluding steroid dienone is 1. The first-order valence-corrected chi connectivity index (χ1v) is 10.9. The summed E-state index contributed by atoms with van der Waals surface area (Å²) in [5.41, 5.74) is 5.31. The van der Waals surface area contributed by atoms with Crippen molar-refractivity contribution in [1.29, 1.82) is 0 Å². The topological polar surface area (TPSA) is 34.1 Å². The van der Waals surface area contributed by atoms with Gasteiger partial charge in [-0.3, -0.25) is 14.8 Å². The summed E-state index contributed by atoms with van der Waals surface area (Å²) in [5, 5.41) is 7.10. The smallest absolute Gasteiger partial charge is 0.0670 e. The molecule has 0 aromatic carbocycles. The van der Waals surface area contributed by atoms with E-state index >= 15 is 0 Å². The van der Waals surface area contributed by atoms with Crippen molar-refractivity contribution in [3.8, 4) is 0 Å². The fraction of sp³-hybridized carbons (Fsp3) is 0.870.